The quantitative estimate of drug-likeness (QED) is 0.864. The Balaban J connectivity index is 1.92. The fraction of sp³-hybridized carbons (Fsp3) is 0.438. The van der Waals surface area contributed by atoms with Crippen LogP contribution in [0.4, 0.5) is 4.39 Å². The molecule has 1 saturated carbocycles. The summed E-state index contributed by atoms with van der Waals surface area (Å²) in [5.41, 5.74) is 0.604. The molecule has 0 bridgehead atoms. The Labute approximate surface area is 130 Å². The Kier molecular flexibility index (Phi) is 5.34. The molecule has 2 rings (SSSR count). The van der Waals surface area contributed by atoms with Crippen LogP contribution in [0.5, 0.6) is 0 Å². The second-order valence-electron chi connectivity index (χ2n) is 5.71. The first-order valence-electron chi connectivity index (χ1n) is 7.27. The number of carbonyl (C=O) groups is 1. The summed E-state index contributed by atoms with van der Waals surface area (Å²) in [4.78, 5) is 11.9. The summed E-state index contributed by atoms with van der Waals surface area (Å²) in [5, 5.41) is 2.45. The van der Waals surface area contributed by atoms with E-state index in [1.54, 1.807) is 12.1 Å². The van der Waals surface area contributed by atoms with Crippen LogP contribution in [-0.4, -0.2) is 31.9 Å². The first-order valence-corrected chi connectivity index (χ1v) is 9.23. The van der Waals surface area contributed by atoms with Gasteiger partial charge in [-0.3, -0.25) is 4.79 Å². The minimum Gasteiger partial charge on any atom is -0.350 e. The van der Waals surface area contributed by atoms with Crippen LogP contribution in [0.1, 0.15) is 31.2 Å². The second kappa shape index (κ2) is 7.05. The molecule has 1 N–H and O–H groups in total. The molecule has 22 heavy (non-hydrogen) atoms. The molecule has 1 aliphatic rings. The summed E-state index contributed by atoms with van der Waals surface area (Å²) in [6.07, 6.45) is 6.81. The summed E-state index contributed by atoms with van der Waals surface area (Å²) < 4.78 is 36.2. The van der Waals surface area contributed by atoms with Gasteiger partial charge in [0.05, 0.1) is 5.25 Å². The van der Waals surface area contributed by atoms with E-state index in [9.17, 15) is 17.6 Å². The van der Waals surface area contributed by atoms with E-state index in [0.29, 0.717) is 18.4 Å². The van der Waals surface area contributed by atoms with E-state index in [4.69, 9.17) is 0 Å². The summed E-state index contributed by atoms with van der Waals surface area (Å²) in [6.45, 7) is 0. The number of rotatable bonds is 4. The lowest BCUT2D eigenvalue weighted by Gasteiger charge is -2.28. The van der Waals surface area contributed by atoms with Gasteiger partial charge in [0.2, 0.25) is 5.91 Å². The summed E-state index contributed by atoms with van der Waals surface area (Å²) in [7, 11) is -3.07. The van der Waals surface area contributed by atoms with Crippen molar-refractivity contribution in [3.8, 4) is 0 Å². The summed E-state index contributed by atoms with van der Waals surface area (Å²) in [5.74, 6) is -0.644. The van der Waals surface area contributed by atoms with Gasteiger partial charge in [-0.15, -0.1) is 0 Å². The minimum absolute atomic E-state index is 0.127. The first kappa shape index (κ1) is 16.7. The van der Waals surface area contributed by atoms with Gasteiger partial charge in [-0.1, -0.05) is 18.6 Å². The lowest BCUT2D eigenvalue weighted by Crippen LogP contribution is -2.41. The highest BCUT2D eigenvalue weighted by atomic mass is 32.2. The Bertz CT molecular complexity index is 670. The third-order valence-corrected chi connectivity index (χ3v) is 5.49. The van der Waals surface area contributed by atoms with Crippen molar-refractivity contribution < 1.29 is 17.6 Å². The molecule has 120 valence electrons. The third kappa shape index (κ3) is 4.94. The van der Waals surface area contributed by atoms with Crippen LogP contribution in [0.15, 0.2) is 30.3 Å². The largest absolute Gasteiger partial charge is 0.350 e. The number of halogens is 1. The van der Waals surface area contributed by atoms with Crippen LogP contribution in [0.2, 0.25) is 0 Å². The van der Waals surface area contributed by atoms with E-state index in [-0.39, 0.29) is 23.0 Å². The number of nitrogens with one attached hydrogen (secondary N) is 1. The lowest BCUT2D eigenvalue weighted by atomic mass is 9.95. The van der Waals surface area contributed by atoms with Crippen molar-refractivity contribution in [3.63, 3.8) is 0 Å². The average molecular weight is 325 g/mol. The molecular weight excluding hydrogens is 305 g/mol. The topological polar surface area (TPSA) is 63.2 Å². The maximum atomic E-state index is 13.0. The molecule has 1 amide bonds. The van der Waals surface area contributed by atoms with E-state index in [2.05, 4.69) is 5.32 Å². The van der Waals surface area contributed by atoms with Crippen molar-refractivity contribution >= 4 is 21.8 Å². The van der Waals surface area contributed by atoms with Crippen LogP contribution < -0.4 is 5.32 Å². The van der Waals surface area contributed by atoms with Crippen molar-refractivity contribution in [1.29, 1.82) is 0 Å². The second-order valence-corrected chi connectivity index (χ2v) is 8.04. The minimum atomic E-state index is -3.07. The van der Waals surface area contributed by atoms with Gasteiger partial charge < -0.3 is 5.32 Å². The number of carbonyl (C=O) groups excluding carboxylic acids is 1. The molecule has 1 aliphatic carbocycles. The number of hydrogen-bond acceptors (Lipinski definition) is 3. The predicted molar refractivity (Wildman–Crippen MR) is 84.5 cm³/mol. The highest BCUT2D eigenvalue weighted by Gasteiger charge is 2.29. The van der Waals surface area contributed by atoms with E-state index >= 15 is 0 Å². The fourth-order valence-corrected chi connectivity index (χ4v) is 3.87. The van der Waals surface area contributed by atoms with Crippen LogP contribution in [-0.2, 0) is 14.6 Å². The highest BCUT2D eigenvalue weighted by molar-refractivity contribution is 7.91. The average Bonchev–Trinajstić information content (AvgIpc) is 2.45. The molecule has 0 unspecified atom stereocenters. The van der Waals surface area contributed by atoms with Gasteiger partial charge in [-0.25, -0.2) is 12.8 Å². The molecule has 0 aromatic heterocycles. The number of benzene rings is 1. The van der Waals surface area contributed by atoms with Gasteiger partial charge in [-0.2, -0.15) is 0 Å². The van der Waals surface area contributed by atoms with Crippen molar-refractivity contribution in [2.24, 2.45) is 0 Å². The fourth-order valence-electron chi connectivity index (χ4n) is 2.70. The van der Waals surface area contributed by atoms with Gasteiger partial charge in [0.25, 0.3) is 0 Å². The zero-order chi connectivity index (χ0) is 16.2. The smallest absolute Gasteiger partial charge is 0.244 e. The SMILES string of the molecule is CS(=O)(=O)[C@@H]1CCC[C@H](NC(=O)/C=C/c2cccc(F)c2)C1. The van der Waals surface area contributed by atoms with Gasteiger partial charge in [0, 0.05) is 18.4 Å². The zero-order valence-corrected chi connectivity index (χ0v) is 13.3. The summed E-state index contributed by atoms with van der Waals surface area (Å²) >= 11 is 0. The first-order chi connectivity index (χ1) is 10.3. The zero-order valence-electron chi connectivity index (χ0n) is 12.5. The molecule has 2 atom stereocenters. The van der Waals surface area contributed by atoms with Crippen LogP contribution >= 0.6 is 0 Å². The highest BCUT2D eigenvalue weighted by Crippen LogP contribution is 2.23. The Morgan fingerprint density at radius 2 is 2.14 bits per heavy atom. The van der Waals surface area contributed by atoms with E-state index in [0.717, 1.165) is 12.8 Å². The molecule has 0 saturated heterocycles. The number of amides is 1. The van der Waals surface area contributed by atoms with Crippen LogP contribution in [0, 0.1) is 5.82 Å². The Morgan fingerprint density at radius 3 is 2.82 bits per heavy atom. The molecule has 0 radical (unpaired) electrons. The monoisotopic (exact) mass is 325 g/mol. The molecule has 0 spiro atoms. The van der Waals surface area contributed by atoms with Crippen LogP contribution in [0.3, 0.4) is 0 Å². The third-order valence-electron chi connectivity index (χ3n) is 3.85. The van der Waals surface area contributed by atoms with Gasteiger partial charge >= 0.3 is 0 Å². The molecule has 1 aromatic rings. The Morgan fingerprint density at radius 1 is 1.36 bits per heavy atom. The number of sulfone groups is 1. The molecule has 4 nitrogen and oxygen atoms in total. The van der Waals surface area contributed by atoms with E-state index in [1.165, 1.54) is 30.5 Å². The number of hydrogen-bond donors (Lipinski definition) is 1. The van der Waals surface area contributed by atoms with Crippen LogP contribution in [0.25, 0.3) is 6.08 Å². The molecule has 1 fully saturated rings. The lowest BCUT2D eigenvalue weighted by molar-refractivity contribution is -0.117. The van der Waals surface area contributed by atoms with Crippen molar-refractivity contribution in [2.75, 3.05) is 6.26 Å². The van der Waals surface area contributed by atoms with E-state index < -0.39 is 9.84 Å². The van der Waals surface area contributed by atoms with Gasteiger partial charge in [0.15, 0.2) is 0 Å². The Hall–Kier alpha value is -1.69. The van der Waals surface area contributed by atoms with Crippen molar-refractivity contribution in [1.82, 2.24) is 5.32 Å². The predicted octanol–water partition coefficient (Wildman–Crippen LogP) is 2.31. The maximum Gasteiger partial charge on any atom is 0.244 e. The standard InChI is InChI=1S/C16H20FNO3S/c1-22(20,21)15-7-3-6-14(11-15)18-16(19)9-8-12-4-2-5-13(17)10-12/h2,4-5,8-10,14-15H,3,6-7,11H2,1H3,(H,18,19)/b9-8+/t14-,15+/m0/s1. The molecular formula is C16H20FNO3S. The van der Waals surface area contributed by atoms with Crippen molar-refractivity contribution in [3.05, 3.63) is 41.7 Å². The van der Waals surface area contributed by atoms with Crippen molar-refractivity contribution in [2.45, 2.75) is 37.0 Å². The molecule has 0 aliphatic heterocycles. The van der Waals surface area contributed by atoms with Gasteiger partial charge in [-0.05, 0) is 43.0 Å². The summed E-state index contributed by atoms with van der Waals surface area (Å²) in [6, 6.07) is 5.82. The van der Waals surface area contributed by atoms with E-state index in [1.807, 2.05) is 0 Å². The molecule has 1 aromatic carbocycles. The normalized spacial score (nSPS) is 22.6. The molecule has 0 heterocycles. The maximum absolute atomic E-state index is 13.0. The molecule has 6 heteroatoms. The van der Waals surface area contributed by atoms with Gasteiger partial charge in [0.1, 0.15) is 15.7 Å².